The van der Waals surface area contributed by atoms with Crippen molar-refractivity contribution in [1.29, 1.82) is 0 Å². The first-order valence-corrected chi connectivity index (χ1v) is 9.30. The Morgan fingerprint density at radius 2 is 1.73 bits per heavy atom. The third-order valence-corrected chi connectivity index (χ3v) is 5.12. The van der Waals surface area contributed by atoms with Crippen molar-refractivity contribution >= 4 is 17.7 Å². The molecule has 1 aliphatic rings. The van der Waals surface area contributed by atoms with Gasteiger partial charge in [-0.25, -0.2) is 4.79 Å². The van der Waals surface area contributed by atoms with E-state index < -0.39 is 0 Å². The van der Waals surface area contributed by atoms with Gasteiger partial charge in [0.15, 0.2) is 0 Å². The molecule has 2 aromatic carbocycles. The Labute approximate surface area is 158 Å². The van der Waals surface area contributed by atoms with Crippen LogP contribution in [0.4, 0.5) is 4.79 Å². The first kappa shape index (κ1) is 16.9. The van der Waals surface area contributed by atoms with Crippen molar-refractivity contribution in [3.05, 3.63) is 82.6 Å². The fourth-order valence-electron chi connectivity index (χ4n) is 3.56. The third kappa shape index (κ3) is 3.40. The van der Waals surface area contributed by atoms with Crippen LogP contribution >= 0.6 is 11.6 Å². The smallest absolute Gasteiger partial charge is 0.418 e. The molecule has 0 fully saturated rings. The minimum absolute atomic E-state index is 0.281. The average Bonchev–Trinajstić information content (AvgIpc) is 3.07. The second-order valence-electron chi connectivity index (χ2n) is 6.59. The van der Waals surface area contributed by atoms with Crippen LogP contribution in [0.25, 0.3) is 11.1 Å². The summed E-state index contributed by atoms with van der Waals surface area (Å²) < 4.78 is 7.25. The Morgan fingerprint density at radius 1 is 1.00 bits per heavy atom. The second-order valence-corrected chi connectivity index (χ2v) is 7.03. The number of hydrogen-bond acceptors (Lipinski definition) is 2. The summed E-state index contributed by atoms with van der Waals surface area (Å²) in [5, 5.41) is 0.712. The van der Waals surface area contributed by atoms with Gasteiger partial charge in [-0.05, 0) is 54.5 Å². The number of nitrogens with zero attached hydrogens (tertiary/aromatic N) is 1. The highest BCUT2D eigenvalue weighted by molar-refractivity contribution is 6.30. The normalized spacial score (nSPS) is 13.3. The lowest BCUT2D eigenvalue weighted by Gasteiger charge is -2.15. The largest absolute Gasteiger partial charge is 0.444 e. The standard InChI is InChI=1S/C22H20ClNO2/c23-18-12-10-17(11-13-18)20-14-24(21-9-5-4-8-19(20)21)22(25)26-15-16-6-2-1-3-7-16/h1-3,6-7,10-14H,4-5,8-9,15H2. The minimum atomic E-state index is -0.313. The van der Waals surface area contributed by atoms with Gasteiger partial charge in [0, 0.05) is 22.5 Å². The lowest BCUT2D eigenvalue weighted by atomic mass is 9.92. The summed E-state index contributed by atoms with van der Waals surface area (Å²) in [6.07, 6.45) is 5.76. The predicted molar refractivity (Wildman–Crippen MR) is 104 cm³/mol. The summed E-state index contributed by atoms with van der Waals surface area (Å²) in [5.74, 6) is 0. The highest BCUT2D eigenvalue weighted by atomic mass is 35.5. The summed E-state index contributed by atoms with van der Waals surface area (Å²) in [7, 11) is 0. The van der Waals surface area contributed by atoms with E-state index in [1.165, 1.54) is 5.56 Å². The summed E-state index contributed by atoms with van der Waals surface area (Å²) >= 11 is 6.02. The van der Waals surface area contributed by atoms with E-state index in [1.54, 1.807) is 4.57 Å². The van der Waals surface area contributed by atoms with Crippen LogP contribution in [0.5, 0.6) is 0 Å². The molecule has 3 nitrogen and oxygen atoms in total. The fourth-order valence-corrected chi connectivity index (χ4v) is 3.69. The van der Waals surface area contributed by atoms with E-state index in [4.69, 9.17) is 16.3 Å². The molecule has 4 heteroatoms. The molecular weight excluding hydrogens is 346 g/mol. The Balaban J connectivity index is 1.63. The topological polar surface area (TPSA) is 31.2 Å². The molecule has 0 bridgehead atoms. The highest BCUT2D eigenvalue weighted by Gasteiger charge is 2.23. The first-order chi connectivity index (χ1) is 12.7. The SMILES string of the molecule is O=C(OCc1ccccc1)n1cc(-c2ccc(Cl)cc2)c2c1CCCC2. The molecule has 0 aliphatic heterocycles. The van der Waals surface area contributed by atoms with Crippen molar-refractivity contribution < 1.29 is 9.53 Å². The van der Waals surface area contributed by atoms with Crippen molar-refractivity contribution in [2.24, 2.45) is 0 Å². The van der Waals surface area contributed by atoms with Gasteiger partial charge in [-0.3, -0.25) is 4.57 Å². The molecule has 0 radical (unpaired) electrons. The third-order valence-electron chi connectivity index (χ3n) is 4.87. The molecular formula is C22H20ClNO2. The van der Waals surface area contributed by atoms with Gasteiger partial charge in [0.1, 0.15) is 6.61 Å². The number of benzene rings is 2. The lowest BCUT2D eigenvalue weighted by Crippen LogP contribution is -2.17. The van der Waals surface area contributed by atoms with E-state index in [0.29, 0.717) is 5.02 Å². The zero-order valence-corrected chi connectivity index (χ0v) is 15.2. The van der Waals surface area contributed by atoms with Crippen molar-refractivity contribution in [3.63, 3.8) is 0 Å². The molecule has 26 heavy (non-hydrogen) atoms. The fraction of sp³-hybridized carbons (Fsp3) is 0.227. The molecule has 132 valence electrons. The summed E-state index contributed by atoms with van der Waals surface area (Å²) in [6.45, 7) is 0.281. The molecule has 0 saturated carbocycles. The second kappa shape index (κ2) is 7.38. The summed E-state index contributed by atoms with van der Waals surface area (Å²) in [6, 6.07) is 17.5. The number of halogens is 1. The maximum Gasteiger partial charge on any atom is 0.418 e. The number of aromatic nitrogens is 1. The number of carbonyl (C=O) groups excluding carboxylic acids is 1. The monoisotopic (exact) mass is 365 g/mol. The average molecular weight is 366 g/mol. The van der Waals surface area contributed by atoms with Crippen molar-refractivity contribution in [1.82, 2.24) is 4.57 Å². The van der Waals surface area contributed by atoms with Gasteiger partial charge >= 0.3 is 6.09 Å². The Morgan fingerprint density at radius 3 is 2.50 bits per heavy atom. The van der Waals surface area contributed by atoms with Gasteiger partial charge in [0.05, 0.1) is 0 Å². The van der Waals surface area contributed by atoms with E-state index in [-0.39, 0.29) is 12.7 Å². The Bertz CT molecular complexity index is 913. The van der Waals surface area contributed by atoms with Crippen LogP contribution < -0.4 is 0 Å². The molecule has 1 aliphatic carbocycles. The van der Waals surface area contributed by atoms with Crippen molar-refractivity contribution in [3.8, 4) is 11.1 Å². The van der Waals surface area contributed by atoms with Crippen LogP contribution in [0.3, 0.4) is 0 Å². The maximum atomic E-state index is 12.7. The van der Waals surface area contributed by atoms with Gasteiger partial charge in [-0.1, -0.05) is 54.1 Å². The van der Waals surface area contributed by atoms with Crippen LogP contribution in [0.15, 0.2) is 60.8 Å². The number of hydrogen-bond donors (Lipinski definition) is 0. The predicted octanol–water partition coefficient (Wildman–Crippen LogP) is 5.87. The maximum absolute atomic E-state index is 12.7. The quantitative estimate of drug-likeness (QED) is 0.581. The molecule has 0 spiro atoms. The van der Waals surface area contributed by atoms with E-state index in [0.717, 1.165) is 48.1 Å². The zero-order valence-electron chi connectivity index (χ0n) is 14.5. The summed E-state index contributed by atoms with van der Waals surface area (Å²) in [4.78, 5) is 12.7. The van der Waals surface area contributed by atoms with Crippen LogP contribution in [0, 0.1) is 0 Å². The molecule has 1 heterocycles. The van der Waals surface area contributed by atoms with Crippen LogP contribution in [0.1, 0.15) is 29.7 Å². The molecule has 0 unspecified atom stereocenters. The van der Waals surface area contributed by atoms with Crippen LogP contribution in [-0.2, 0) is 24.2 Å². The van der Waals surface area contributed by atoms with Gasteiger partial charge < -0.3 is 4.74 Å². The van der Waals surface area contributed by atoms with Crippen molar-refractivity contribution in [2.45, 2.75) is 32.3 Å². The molecule has 0 atom stereocenters. The highest BCUT2D eigenvalue weighted by Crippen LogP contribution is 2.34. The van der Waals surface area contributed by atoms with Gasteiger partial charge in [0.2, 0.25) is 0 Å². The van der Waals surface area contributed by atoms with Gasteiger partial charge in [-0.15, -0.1) is 0 Å². The van der Waals surface area contributed by atoms with E-state index in [9.17, 15) is 4.79 Å². The molecule has 3 aromatic rings. The molecule has 1 aromatic heterocycles. The van der Waals surface area contributed by atoms with E-state index in [1.807, 2.05) is 60.8 Å². The number of carbonyl (C=O) groups is 1. The first-order valence-electron chi connectivity index (χ1n) is 8.92. The van der Waals surface area contributed by atoms with Gasteiger partial charge in [-0.2, -0.15) is 0 Å². The Hall–Kier alpha value is -2.52. The lowest BCUT2D eigenvalue weighted by molar-refractivity contribution is 0.140. The number of fused-ring (bicyclic) bond motifs is 1. The molecule has 0 saturated heterocycles. The van der Waals surface area contributed by atoms with Crippen molar-refractivity contribution in [2.75, 3.05) is 0 Å². The van der Waals surface area contributed by atoms with Crippen LogP contribution in [0.2, 0.25) is 5.02 Å². The van der Waals surface area contributed by atoms with E-state index in [2.05, 4.69) is 0 Å². The van der Waals surface area contributed by atoms with Crippen LogP contribution in [-0.4, -0.2) is 10.7 Å². The Kier molecular flexibility index (Phi) is 4.81. The molecule has 4 rings (SSSR count). The zero-order chi connectivity index (χ0) is 17.9. The molecule has 0 amide bonds. The summed E-state index contributed by atoms with van der Waals surface area (Å²) in [5.41, 5.74) is 5.52. The number of ether oxygens (including phenoxy) is 1. The number of rotatable bonds is 3. The van der Waals surface area contributed by atoms with E-state index >= 15 is 0 Å². The molecule has 0 N–H and O–H groups in total. The minimum Gasteiger partial charge on any atom is -0.444 e. The van der Waals surface area contributed by atoms with Gasteiger partial charge in [0.25, 0.3) is 0 Å².